The molecule has 0 bridgehead atoms. The Morgan fingerprint density at radius 1 is 1.55 bits per heavy atom. The van der Waals surface area contributed by atoms with Gasteiger partial charge in [-0.2, -0.15) is 5.10 Å². The molecule has 110 valence electrons. The summed E-state index contributed by atoms with van der Waals surface area (Å²) in [5.41, 5.74) is 6.66. The molecular formula is C12H19N5O3. The molecule has 2 rings (SSSR count). The largest absolute Gasteiger partial charge is 0.341 e. The van der Waals surface area contributed by atoms with Gasteiger partial charge in [-0.1, -0.05) is 0 Å². The predicted octanol–water partition coefficient (Wildman–Crippen LogP) is 0.358. The molecule has 1 aromatic rings. The maximum Gasteiger partial charge on any atom is 0.312 e. The minimum atomic E-state index is -0.435. The maximum atomic E-state index is 12.0. The topological polar surface area (TPSA) is 107 Å². The van der Waals surface area contributed by atoms with Crippen molar-refractivity contribution in [2.75, 3.05) is 13.1 Å². The number of hydrogen-bond acceptors (Lipinski definition) is 5. The van der Waals surface area contributed by atoms with Crippen LogP contribution in [-0.2, 0) is 11.3 Å². The van der Waals surface area contributed by atoms with Gasteiger partial charge in [0.1, 0.15) is 11.4 Å². The molecule has 1 fully saturated rings. The SMILES string of the molecule is Cc1nn(CCC(=O)N2CC[C@@H](N)C2)c(C)c1[N+](=O)[O-]. The average Bonchev–Trinajstić information content (AvgIpc) is 2.90. The van der Waals surface area contributed by atoms with Crippen LogP contribution in [0.5, 0.6) is 0 Å². The van der Waals surface area contributed by atoms with Crippen molar-refractivity contribution in [3.05, 3.63) is 21.5 Å². The third-order valence-corrected chi connectivity index (χ3v) is 3.64. The van der Waals surface area contributed by atoms with E-state index in [4.69, 9.17) is 5.73 Å². The molecule has 2 N–H and O–H groups in total. The molecule has 1 amide bonds. The Kier molecular flexibility index (Phi) is 4.03. The molecule has 0 saturated carbocycles. The lowest BCUT2D eigenvalue weighted by molar-refractivity contribution is -0.386. The van der Waals surface area contributed by atoms with Gasteiger partial charge in [0.05, 0.1) is 11.5 Å². The van der Waals surface area contributed by atoms with Gasteiger partial charge < -0.3 is 10.6 Å². The van der Waals surface area contributed by atoms with Crippen LogP contribution >= 0.6 is 0 Å². The zero-order valence-corrected chi connectivity index (χ0v) is 11.7. The first-order valence-electron chi connectivity index (χ1n) is 6.62. The Morgan fingerprint density at radius 2 is 2.25 bits per heavy atom. The van der Waals surface area contributed by atoms with Crippen molar-refractivity contribution in [3.8, 4) is 0 Å². The Bertz CT molecular complexity index is 539. The van der Waals surface area contributed by atoms with E-state index in [9.17, 15) is 14.9 Å². The first-order valence-corrected chi connectivity index (χ1v) is 6.62. The fourth-order valence-electron chi connectivity index (χ4n) is 2.54. The smallest absolute Gasteiger partial charge is 0.312 e. The molecule has 0 unspecified atom stereocenters. The average molecular weight is 281 g/mol. The fourth-order valence-corrected chi connectivity index (χ4v) is 2.54. The second kappa shape index (κ2) is 5.58. The summed E-state index contributed by atoms with van der Waals surface area (Å²) in [7, 11) is 0. The van der Waals surface area contributed by atoms with Crippen molar-refractivity contribution in [3.63, 3.8) is 0 Å². The molecule has 2 heterocycles. The van der Waals surface area contributed by atoms with Gasteiger partial charge in [0.15, 0.2) is 0 Å². The first kappa shape index (κ1) is 14.4. The number of likely N-dealkylation sites (tertiary alicyclic amines) is 1. The monoisotopic (exact) mass is 281 g/mol. The highest BCUT2D eigenvalue weighted by Crippen LogP contribution is 2.22. The summed E-state index contributed by atoms with van der Waals surface area (Å²) < 4.78 is 1.53. The summed E-state index contributed by atoms with van der Waals surface area (Å²) >= 11 is 0. The molecule has 0 aromatic carbocycles. The third-order valence-electron chi connectivity index (χ3n) is 3.64. The lowest BCUT2D eigenvalue weighted by Crippen LogP contribution is -2.32. The number of hydrogen-bond donors (Lipinski definition) is 1. The standard InChI is InChI=1S/C12H19N5O3/c1-8-12(17(19)20)9(2)16(14-8)6-4-11(18)15-5-3-10(13)7-15/h10H,3-7,13H2,1-2H3/t10-/m1/s1. The van der Waals surface area contributed by atoms with Crippen molar-refractivity contribution < 1.29 is 9.72 Å². The highest BCUT2D eigenvalue weighted by molar-refractivity contribution is 5.76. The van der Waals surface area contributed by atoms with Crippen LogP contribution in [0.1, 0.15) is 24.2 Å². The van der Waals surface area contributed by atoms with E-state index in [1.54, 1.807) is 18.7 Å². The van der Waals surface area contributed by atoms with E-state index in [1.165, 1.54) is 4.68 Å². The molecule has 1 aliphatic rings. The van der Waals surface area contributed by atoms with E-state index in [-0.39, 0.29) is 24.1 Å². The summed E-state index contributed by atoms with van der Waals surface area (Å²) in [6, 6.07) is 0.0636. The Morgan fingerprint density at radius 3 is 2.75 bits per heavy atom. The molecule has 8 heteroatoms. The third kappa shape index (κ3) is 2.79. The number of carbonyl (C=O) groups excluding carboxylic acids is 1. The predicted molar refractivity (Wildman–Crippen MR) is 72.1 cm³/mol. The number of amides is 1. The zero-order chi connectivity index (χ0) is 14.9. The van der Waals surface area contributed by atoms with E-state index in [0.29, 0.717) is 31.0 Å². The van der Waals surface area contributed by atoms with Crippen LogP contribution in [0.4, 0.5) is 5.69 Å². The van der Waals surface area contributed by atoms with Crippen molar-refractivity contribution in [2.24, 2.45) is 5.73 Å². The van der Waals surface area contributed by atoms with Gasteiger partial charge in [-0.15, -0.1) is 0 Å². The van der Waals surface area contributed by atoms with Crippen LogP contribution in [0.25, 0.3) is 0 Å². The Labute approximate surface area is 116 Å². The number of aryl methyl sites for hydroxylation is 2. The van der Waals surface area contributed by atoms with Gasteiger partial charge in [-0.3, -0.25) is 19.6 Å². The number of carbonyl (C=O) groups is 1. The summed E-state index contributed by atoms with van der Waals surface area (Å²) in [6.45, 7) is 4.88. The van der Waals surface area contributed by atoms with Gasteiger partial charge in [0.25, 0.3) is 0 Å². The van der Waals surface area contributed by atoms with Crippen LogP contribution in [-0.4, -0.2) is 44.6 Å². The molecule has 1 saturated heterocycles. The molecule has 1 atom stereocenters. The lowest BCUT2D eigenvalue weighted by Gasteiger charge is -2.15. The van der Waals surface area contributed by atoms with Crippen molar-refractivity contribution in [1.29, 1.82) is 0 Å². The fraction of sp³-hybridized carbons (Fsp3) is 0.667. The Hall–Kier alpha value is -1.96. The highest BCUT2D eigenvalue weighted by atomic mass is 16.6. The Balaban J connectivity index is 1.99. The second-order valence-corrected chi connectivity index (χ2v) is 5.14. The molecule has 0 aliphatic carbocycles. The maximum absolute atomic E-state index is 12.0. The van der Waals surface area contributed by atoms with Crippen LogP contribution in [0, 0.1) is 24.0 Å². The number of rotatable bonds is 4. The minimum Gasteiger partial charge on any atom is -0.341 e. The molecule has 8 nitrogen and oxygen atoms in total. The van der Waals surface area contributed by atoms with E-state index >= 15 is 0 Å². The highest BCUT2D eigenvalue weighted by Gasteiger charge is 2.25. The van der Waals surface area contributed by atoms with E-state index in [2.05, 4.69) is 5.10 Å². The second-order valence-electron chi connectivity index (χ2n) is 5.14. The summed E-state index contributed by atoms with van der Waals surface area (Å²) in [6.07, 6.45) is 1.11. The molecule has 0 spiro atoms. The van der Waals surface area contributed by atoms with Gasteiger partial charge in [-0.25, -0.2) is 0 Å². The van der Waals surface area contributed by atoms with Crippen molar-refractivity contribution >= 4 is 11.6 Å². The van der Waals surface area contributed by atoms with Crippen LogP contribution in [0.3, 0.4) is 0 Å². The van der Waals surface area contributed by atoms with Gasteiger partial charge in [0.2, 0.25) is 5.91 Å². The number of nitrogens with zero attached hydrogens (tertiary/aromatic N) is 4. The molecule has 0 radical (unpaired) electrons. The molecular weight excluding hydrogens is 262 g/mol. The van der Waals surface area contributed by atoms with E-state index < -0.39 is 4.92 Å². The van der Waals surface area contributed by atoms with E-state index in [1.807, 2.05) is 0 Å². The normalized spacial score (nSPS) is 18.6. The van der Waals surface area contributed by atoms with Crippen LogP contribution < -0.4 is 5.73 Å². The molecule has 1 aromatic heterocycles. The van der Waals surface area contributed by atoms with Gasteiger partial charge >= 0.3 is 5.69 Å². The van der Waals surface area contributed by atoms with Crippen molar-refractivity contribution in [1.82, 2.24) is 14.7 Å². The summed E-state index contributed by atoms with van der Waals surface area (Å²) in [4.78, 5) is 24.2. The zero-order valence-electron chi connectivity index (χ0n) is 11.7. The quantitative estimate of drug-likeness (QED) is 0.633. The number of aromatic nitrogens is 2. The molecule has 1 aliphatic heterocycles. The van der Waals surface area contributed by atoms with Crippen molar-refractivity contribution in [2.45, 2.75) is 39.3 Å². The number of nitro groups is 1. The summed E-state index contributed by atoms with van der Waals surface area (Å²) in [5.74, 6) is 0.0214. The number of nitrogens with two attached hydrogens (primary N) is 1. The lowest BCUT2D eigenvalue weighted by atomic mass is 10.3. The van der Waals surface area contributed by atoms with E-state index in [0.717, 1.165) is 6.42 Å². The van der Waals surface area contributed by atoms with Crippen LogP contribution in [0.15, 0.2) is 0 Å². The van der Waals surface area contributed by atoms with Crippen LogP contribution in [0.2, 0.25) is 0 Å². The molecule has 20 heavy (non-hydrogen) atoms. The van der Waals surface area contributed by atoms with Gasteiger partial charge in [-0.05, 0) is 20.3 Å². The minimum absolute atomic E-state index is 0.0214. The summed E-state index contributed by atoms with van der Waals surface area (Å²) in [5, 5.41) is 15.0. The van der Waals surface area contributed by atoms with Gasteiger partial charge in [0, 0.05) is 25.6 Å². The first-order chi connectivity index (χ1) is 9.40.